The maximum absolute atomic E-state index is 12.3. The van der Waals surface area contributed by atoms with E-state index in [1.54, 1.807) is 40.7 Å². The average molecular weight is 338 g/mol. The molecule has 25 heavy (non-hydrogen) atoms. The highest BCUT2D eigenvalue weighted by Crippen LogP contribution is 2.20. The van der Waals surface area contributed by atoms with E-state index >= 15 is 0 Å². The molecular weight excluding hydrogens is 320 g/mol. The van der Waals surface area contributed by atoms with Gasteiger partial charge >= 0.3 is 5.97 Å². The van der Waals surface area contributed by atoms with Crippen LogP contribution in [0.25, 0.3) is 5.69 Å². The van der Waals surface area contributed by atoms with Crippen LogP contribution in [0.4, 0.5) is 0 Å². The molecule has 0 amide bonds. The van der Waals surface area contributed by atoms with E-state index in [1.165, 1.54) is 13.2 Å². The molecule has 0 radical (unpaired) electrons. The summed E-state index contributed by atoms with van der Waals surface area (Å²) in [6, 6.07) is 17.7. The molecule has 0 aliphatic carbocycles. The zero-order valence-electron chi connectivity index (χ0n) is 14.0. The molecular formula is C19H18N2O4. The molecule has 0 bridgehead atoms. The number of hydrogen-bond acceptors (Lipinski definition) is 4. The van der Waals surface area contributed by atoms with Crippen LogP contribution in [0.2, 0.25) is 0 Å². The average Bonchev–Trinajstić information content (AvgIpc) is 2.93. The number of benzene rings is 2. The van der Waals surface area contributed by atoms with Gasteiger partial charge in [-0.25, -0.2) is 9.48 Å². The van der Waals surface area contributed by atoms with Crippen LogP contribution in [0.5, 0.6) is 5.75 Å². The van der Waals surface area contributed by atoms with Crippen LogP contribution < -0.4 is 10.3 Å². The van der Waals surface area contributed by atoms with Gasteiger partial charge in [0.25, 0.3) is 5.56 Å². The quantitative estimate of drug-likeness (QED) is 0.671. The van der Waals surface area contributed by atoms with Gasteiger partial charge in [0.2, 0.25) is 0 Å². The molecule has 0 unspecified atom stereocenters. The van der Waals surface area contributed by atoms with Crippen LogP contribution in [-0.4, -0.2) is 22.4 Å². The Balaban J connectivity index is 1.87. The highest BCUT2D eigenvalue weighted by Gasteiger charge is 2.14. The zero-order valence-corrected chi connectivity index (χ0v) is 14.0. The summed E-state index contributed by atoms with van der Waals surface area (Å²) in [6.45, 7) is 0.152. The van der Waals surface area contributed by atoms with E-state index in [1.807, 2.05) is 30.3 Å². The van der Waals surface area contributed by atoms with Gasteiger partial charge < -0.3 is 9.47 Å². The second-order valence-corrected chi connectivity index (χ2v) is 5.42. The topological polar surface area (TPSA) is 62.5 Å². The van der Waals surface area contributed by atoms with Gasteiger partial charge in [-0.05, 0) is 24.3 Å². The zero-order chi connectivity index (χ0) is 17.8. The number of para-hydroxylation sites is 2. The molecule has 6 nitrogen and oxygen atoms in total. The summed E-state index contributed by atoms with van der Waals surface area (Å²) in [5.74, 6) is -0.0550. The Bertz CT molecular complexity index is 942. The minimum absolute atomic E-state index is 0.145. The van der Waals surface area contributed by atoms with E-state index in [0.717, 1.165) is 5.69 Å². The van der Waals surface area contributed by atoms with Crippen LogP contribution in [0.3, 0.4) is 0 Å². The number of esters is 1. The first-order valence-electron chi connectivity index (χ1n) is 7.75. The summed E-state index contributed by atoms with van der Waals surface area (Å²) in [5.41, 5.74) is 1.66. The molecule has 0 N–H and O–H groups in total. The molecule has 0 atom stereocenters. The van der Waals surface area contributed by atoms with Crippen molar-refractivity contribution in [2.75, 3.05) is 7.11 Å². The number of hydrogen-bond donors (Lipinski definition) is 0. The molecule has 1 heterocycles. The van der Waals surface area contributed by atoms with Crippen molar-refractivity contribution >= 4 is 5.97 Å². The van der Waals surface area contributed by atoms with Crippen molar-refractivity contribution in [3.05, 3.63) is 82.3 Å². The van der Waals surface area contributed by atoms with Crippen LogP contribution in [0.15, 0.2) is 65.5 Å². The maximum atomic E-state index is 12.3. The normalized spacial score (nSPS) is 10.5. The second-order valence-electron chi connectivity index (χ2n) is 5.42. The fraction of sp³-hybridized carbons (Fsp3) is 0.158. The number of ether oxygens (including phenoxy) is 2. The molecule has 0 aliphatic rings. The molecule has 3 aromatic rings. The highest BCUT2D eigenvalue weighted by molar-refractivity contribution is 5.92. The Morgan fingerprint density at radius 1 is 1.04 bits per heavy atom. The van der Waals surface area contributed by atoms with Gasteiger partial charge in [-0.15, -0.1) is 0 Å². The number of nitrogens with zero attached hydrogens (tertiary/aromatic N) is 2. The summed E-state index contributed by atoms with van der Waals surface area (Å²) >= 11 is 0. The van der Waals surface area contributed by atoms with E-state index < -0.39 is 5.97 Å². The molecule has 6 heteroatoms. The molecule has 1 aromatic heterocycles. The Hall–Kier alpha value is -3.28. The smallest absolute Gasteiger partial charge is 0.341 e. The third-order valence-electron chi connectivity index (χ3n) is 3.88. The van der Waals surface area contributed by atoms with Gasteiger partial charge in [-0.2, -0.15) is 0 Å². The predicted molar refractivity (Wildman–Crippen MR) is 93.1 cm³/mol. The first kappa shape index (κ1) is 16.6. The van der Waals surface area contributed by atoms with E-state index in [2.05, 4.69) is 0 Å². The molecule has 0 aliphatic heterocycles. The van der Waals surface area contributed by atoms with Crippen LogP contribution in [0, 0.1) is 0 Å². The van der Waals surface area contributed by atoms with E-state index in [9.17, 15) is 9.59 Å². The molecule has 0 saturated carbocycles. The van der Waals surface area contributed by atoms with E-state index in [0.29, 0.717) is 17.0 Å². The lowest BCUT2D eigenvalue weighted by Crippen LogP contribution is -2.19. The van der Waals surface area contributed by atoms with Crippen molar-refractivity contribution < 1.29 is 14.3 Å². The number of carbonyl (C=O) groups excluding carboxylic acids is 1. The molecule has 0 saturated heterocycles. The fourth-order valence-corrected chi connectivity index (χ4v) is 2.60. The Kier molecular flexibility index (Phi) is 4.70. The van der Waals surface area contributed by atoms with E-state index in [-0.39, 0.29) is 12.2 Å². The van der Waals surface area contributed by atoms with Crippen molar-refractivity contribution in [3.63, 3.8) is 0 Å². The van der Waals surface area contributed by atoms with Crippen LogP contribution >= 0.6 is 0 Å². The Morgan fingerprint density at radius 3 is 2.44 bits per heavy atom. The van der Waals surface area contributed by atoms with Gasteiger partial charge in [-0.3, -0.25) is 9.48 Å². The van der Waals surface area contributed by atoms with Gasteiger partial charge in [0.05, 0.1) is 18.5 Å². The molecule has 0 spiro atoms. The van der Waals surface area contributed by atoms with E-state index in [4.69, 9.17) is 9.47 Å². The molecule has 3 rings (SSSR count). The monoisotopic (exact) mass is 338 g/mol. The standard InChI is InChI=1S/C19H18N2O4/c1-20-15(12-18(22)21(20)14-8-4-3-5-9-14)13-25-17-11-7-6-10-16(17)19(23)24-2/h3-12H,13H2,1-2H3. The number of aromatic nitrogens is 2. The third-order valence-corrected chi connectivity index (χ3v) is 3.88. The number of carbonyl (C=O) groups is 1. The van der Waals surface area contributed by atoms with Gasteiger partial charge in [0, 0.05) is 13.1 Å². The van der Waals surface area contributed by atoms with Crippen LogP contribution in [-0.2, 0) is 18.4 Å². The lowest BCUT2D eigenvalue weighted by Gasteiger charge is -2.12. The molecule has 2 aromatic carbocycles. The fourth-order valence-electron chi connectivity index (χ4n) is 2.60. The van der Waals surface area contributed by atoms with Crippen molar-refractivity contribution in [2.45, 2.75) is 6.61 Å². The van der Waals surface area contributed by atoms with Gasteiger partial charge in [-0.1, -0.05) is 30.3 Å². The van der Waals surface area contributed by atoms with Crippen molar-refractivity contribution in [1.29, 1.82) is 0 Å². The first-order valence-corrected chi connectivity index (χ1v) is 7.75. The summed E-state index contributed by atoms with van der Waals surface area (Å²) < 4.78 is 13.8. The minimum Gasteiger partial charge on any atom is -0.486 e. The van der Waals surface area contributed by atoms with Crippen molar-refractivity contribution in [1.82, 2.24) is 9.36 Å². The summed E-state index contributed by atoms with van der Waals surface area (Å²) in [7, 11) is 3.11. The summed E-state index contributed by atoms with van der Waals surface area (Å²) in [4.78, 5) is 24.1. The minimum atomic E-state index is -0.466. The highest BCUT2D eigenvalue weighted by atomic mass is 16.5. The third kappa shape index (κ3) is 3.33. The Morgan fingerprint density at radius 2 is 1.72 bits per heavy atom. The maximum Gasteiger partial charge on any atom is 0.341 e. The largest absolute Gasteiger partial charge is 0.486 e. The van der Waals surface area contributed by atoms with Crippen molar-refractivity contribution in [3.8, 4) is 11.4 Å². The SMILES string of the molecule is COC(=O)c1ccccc1OCc1cc(=O)n(-c2ccccc2)n1C. The van der Waals surface area contributed by atoms with Gasteiger partial charge in [0.15, 0.2) is 0 Å². The van der Waals surface area contributed by atoms with Crippen LogP contribution in [0.1, 0.15) is 16.1 Å². The lowest BCUT2D eigenvalue weighted by molar-refractivity contribution is 0.0595. The Labute approximate surface area is 144 Å². The second kappa shape index (κ2) is 7.09. The summed E-state index contributed by atoms with van der Waals surface area (Å²) in [6.07, 6.45) is 0. The predicted octanol–water partition coefficient (Wildman–Crippen LogP) is 2.54. The molecule has 0 fully saturated rings. The lowest BCUT2D eigenvalue weighted by atomic mass is 10.2. The molecule has 128 valence electrons. The van der Waals surface area contributed by atoms with Gasteiger partial charge in [0.1, 0.15) is 17.9 Å². The number of rotatable bonds is 5. The first-order chi connectivity index (χ1) is 12.1. The number of methoxy groups -OCH3 is 1. The summed E-state index contributed by atoms with van der Waals surface area (Å²) in [5, 5.41) is 0. The van der Waals surface area contributed by atoms with Crippen molar-refractivity contribution in [2.24, 2.45) is 7.05 Å².